The molecule has 5 heteroatoms. The highest BCUT2D eigenvalue weighted by molar-refractivity contribution is 5.78. The minimum atomic E-state index is 0.599. The molecular formula is C20H19N5. The lowest BCUT2D eigenvalue weighted by molar-refractivity contribution is 1.01. The van der Waals surface area contributed by atoms with Crippen LogP contribution in [0.2, 0.25) is 0 Å². The maximum absolute atomic E-state index is 4.94. The zero-order valence-corrected chi connectivity index (χ0v) is 14.6. The lowest BCUT2D eigenvalue weighted by Gasteiger charge is -2.09. The monoisotopic (exact) mass is 329 g/mol. The number of hydrogen-bond acceptors (Lipinski definition) is 4. The number of pyridine rings is 1. The van der Waals surface area contributed by atoms with Crippen LogP contribution in [0.5, 0.6) is 0 Å². The molecule has 0 amide bonds. The molecule has 4 aromatic rings. The summed E-state index contributed by atoms with van der Waals surface area (Å²) in [4.78, 5) is 9.62. The summed E-state index contributed by atoms with van der Waals surface area (Å²) in [5.41, 5.74) is 8.03. The number of hydrogen-bond donors (Lipinski definition) is 0. The molecule has 0 N–H and O–H groups in total. The van der Waals surface area contributed by atoms with E-state index >= 15 is 0 Å². The van der Waals surface area contributed by atoms with Crippen LogP contribution in [0.4, 0.5) is 0 Å². The Morgan fingerprint density at radius 2 is 1.76 bits per heavy atom. The van der Waals surface area contributed by atoms with Crippen LogP contribution >= 0.6 is 0 Å². The summed E-state index contributed by atoms with van der Waals surface area (Å²) in [6.45, 7) is 6.18. The van der Waals surface area contributed by atoms with E-state index in [1.807, 2.05) is 6.92 Å². The van der Waals surface area contributed by atoms with Gasteiger partial charge in [0, 0.05) is 17.2 Å². The molecule has 1 aliphatic carbocycles. The molecule has 0 bridgehead atoms. The summed E-state index contributed by atoms with van der Waals surface area (Å²) in [5, 5.41) is 8.92. The summed E-state index contributed by atoms with van der Waals surface area (Å²) in [5.74, 6) is 1.44. The first kappa shape index (κ1) is 14.5. The molecule has 1 saturated carbocycles. The number of fused-ring (bicyclic) bond motifs is 3. The van der Waals surface area contributed by atoms with Gasteiger partial charge in [0.15, 0.2) is 17.1 Å². The molecule has 1 aliphatic rings. The quantitative estimate of drug-likeness (QED) is 0.554. The highest BCUT2D eigenvalue weighted by atomic mass is 15.3. The Morgan fingerprint density at radius 3 is 2.56 bits per heavy atom. The normalized spacial score (nSPS) is 14.5. The molecule has 0 spiro atoms. The van der Waals surface area contributed by atoms with Crippen LogP contribution in [0.15, 0.2) is 30.3 Å². The molecule has 3 aromatic heterocycles. The molecule has 0 saturated heterocycles. The van der Waals surface area contributed by atoms with E-state index in [-0.39, 0.29) is 0 Å². The third kappa shape index (κ3) is 2.22. The number of nitrogens with zero attached hydrogens (tertiary/aromatic N) is 5. The molecule has 5 nitrogen and oxygen atoms in total. The SMILES string of the molecule is Cc1ccc(C)c(-c2nnc3c(C)nc4ccc(C5CC5)nc4n23)c1. The number of aromatic nitrogens is 5. The van der Waals surface area contributed by atoms with Crippen LogP contribution < -0.4 is 0 Å². The Balaban J connectivity index is 1.89. The lowest BCUT2D eigenvalue weighted by Crippen LogP contribution is -2.02. The summed E-state index contributed by atoms with van der Waals surface area (Å²) in [6, 6.07) is 10.6. The van der Waals surface area contributed by atoms with Gasteiger partial charge in [0.2, 0.25) is 0 Å². The smallest absolute Gasteiger partial charge is 0.184 e. The molecule has 5 rings (SSSR count). The highest BCUT2D eigenvalue weighted by Crippen LogP contribution is 2.39. The van der Waals surface area contributed by atoms with Crippen molar-refractivity contribution in [1.82, 2.24) is 24.6 Å². The van der Waals surface area contributed by atoms with Crippen molar-refractivity contribution >= 4 is 16.8 Å². The van der Waals surface area contributed by atoms with Gasteiger partial charge in [-0.2, -0.15) is 0 Å². The van der Waals surface area contributed by atoms with Gasteiger partial charge >= 0.3 is 0 Å². The van der Waals surface area contributed by atoms with E-state index in [9.17, 15) is 0 Å². The fourth-order valence-corrected chi connectivity index (χ4v) is 3.41. The number of rotatable bonds is 2. The van der Waals surface area contributed by atoms with Crippen molar-refractivity contribution in [2.45, 2.75) is 39.5 Å². The first-order valence-electron chi connectivity index (χ1n) is 8.72. The van der Waals surface area contributed by atoms with Gasteiger partial charge in [-0.1, -0.05) is 17.7 Å². The van der Waals surface area contributed by atoms with Gasteiger partial charge in [-0.25, -0.2) is 9.97 Å². The van der Waals surface area contributed by atoms with E-state index in [4.69, 9.17) is 4.98 Å². The number of aryl methyl sites for hydroxylation is 3. The Morgan fingerprint density at radius 1 is 0.920 bits per heavy atom. The highest BCUT2D eigenvalue weighted by Gasteiger charge is 2.26. The van der Waals surface area contributed by atoms with Crippen molar-refractivity contribution in [1.29, 1.82) is 0 Å². The zero-order chi connectivity index (χ0) is 17.1. The molecule has 0 unspecified atom stereocenters. The maximum Gasteiger partial charge on any atom is 0.184 e. The Hall–Kier alpha value is -2.82. The van der Waals surface area contributed by atoms with Gasteiger partial charge < -0.3 is 0 Å². The minimum Gasteiger partial charge on any atom is -0.255 e. The topological polar surface area (TPSA) is 56.0 Å². The second-order valence-corrected chi connectivity index (χ2v) is 7.05. The van der Waals surface area contributed by atoms with Crippen LogP contribution in [-0.4, -0.2) is 24.6 Å². The van der Waals surface area contributed by atoms with Crippen molar-refractivity contribution < 1.29 is 0 Å². The fourth-order valence-electron chi connectivity index (χ4n) is 3.41. The molecule has 124 valence electrons. The van der Waals surface area contributed by atoms with Crippen LogP contribution in [0.3, 0.4) is 0 Å². The number of benzene rings is 1. The van der Waals surface area contributed by atoms with Crippen LogP contribution in [0.1, 0.15) is 41.3 Å². The van der Waals surface area contributed by atoms with Crippen LogP contribution in [0, 0.1) is 20.8 Å². The average Bonchev–Trinajstić information content (AvgIpc) is 3.35. The molecule has 1 aromatic carbocycles. The maximum atomic E-state index is 4.94. The Bertz CT molecular complexity index is 1140. The molecule has 0 radical (unpaired) electrons. The molecule has 3 heterocycles. The summed E-state index contributed by atoms with van der Waals surface area (Å²) >= 11 is 0. The first-order valence-corrected chi connectivity index (χ1v) is 8.72. The molecule has 1 fully saturated rings. The van der Waals surface area contributed by atoms with Crippen molar-refractivity contribution in [2.24, 2.45) is 0 Å². The summed E-state index contributed by atoms with van der Waals surface area (Å²) < 4.78 is 2.07. The summed E-state index contributed by atoms with van der Waals surface area (Å²) in [6.07, 6.45) is 2.46. The van der Waals surface area contributed by atoms with E-state index in [1.165, 1.54) is 24.0 Å². The van der Waals surface area contributed by atoms with Crippen molar-refractivity contribution in [3.05, 3.63) is 52.8 Å². The van der Waals surface area contributed by atoms with Crippen LogP contribution in [0.25, 0.3) is 28.2 Å². The van der Waals surface area contributed by atoms with Gasteiger partial charge in [0.25, 0.3) is 0 Å². The third-order valence-corrected chi connectivity index (χ3v) is 4.99. The second-order valence-electron chi connectivity index (χ2n) is 7.05. The standard InChI is InChI=1S/C20H19N5/c1-11-4-5-12(2)15(10-11)19-24-23-18-13(3)21-17-9-8-16(14-6-7-14)22-20(17)25(18)19/h4-5,8-10,14H,6-7H2,1-3H3. The molecule has 0 aliphatic heterocycles. The third-order valence-electron chi connectivity index (χ3n) is 4.99. The van der Waals surface area contributed by atoms with Crippen molar-refractivity contribution in [2.75, 3.05) is 0 Å². The second kappa shape index (κ2) is 5.09. The Kier molecular flexibility index (Phi) is 2.95. The predicted molar refractivity (Wildman–Crippen MR) is 97.7 cm³/mol. The van der Waals surface area contributed by atoms with E-state index in [2.05, 4.69) is 63.8 Å². The van der Waals surface area contributed by atoms with Crippen LogP contribution in [-0.2, 0) is 0 Å². The fraction of sp³-hybridized carbons (Fsp3) is 0.300. The Labute approximate surface area is 145 Å². The predicted octanol–water partition coefficient (Wildman–Crippen LogP) is 4.14. The molecule has 0 atom stereocenters. The summed E-state index contributed by atoms with van der Waals surface area (Å²) in [7, 11) is 0. The molecule has 25 heavy (non-hydrogen) atoms. The van der Waals surface area contributed by atoms with Gasteiger partial charge in [0.1, 0.15) is 5.52 Å². The van der Waals surface area contributed by atoms with E-state index in [0.717, 1.165) is 39.6 Å². The average molecular weight is 329 g/mol. The van der Waals surface area contributed by atoms with E-state index in [0.29, 0.717) is 5.92 Å². The van der Waals surface area contributed by atoms with Gasteiger partial charge in [-0.05, 0) is 57.4 Å². The van der Waals surface area contributed by atoms with Crippen molar-refractivity contribution in [3.8, 4) is 11.4 Å². The largest absolute Gasteiger partial charge is 0.255 e. The first-order chi connectivity index (χ1) is 12.1. The van der Waals surface area contributed by atoms with Gasteiger partial charge in [0.05, 0.1) is 5.69 Å². The molecular weight excluding hydrogens is 310 g/mol. The van der Waals surface area contributed by atoms with Gasteiger partial charge in [-0.15, -0.1) is 10.2 Å². The van der Waals surface area contributed by atoms with E-state index in [1.54, 1.807) is 0 Å². The van der Waals surface area contributed by atoms with E-state index < -0.39 is 0 Å². The minimum absolute atomic E-state index is 0.599. The van der Waals surface area contributed by atoms with Gasteiger partial charge in [-0.3, -0.25) is 4.40 Å². The lowest BCUT2D eigenvalue weighted by atomic mass is 10.1. The zero-order valence-electron chi connectivity index (χ0n) is 14.6. The van der Waals surface area contributed by atoms with Crippen molar-refractivity contribution in [3.63, 3.8) is 0 Å².